The molecule has 0 saturated carbocycles. The Labute approximate surface area is 201 Å². The second-order valence-electron chi connectivity index (χ2n) is 7.51. The van der Waals surface area contributed by atoms with Gasteiger partial charge in [-0.2, -0.15) is 0 Å². The zero-order chi connectivity index (χ0) is 25.1. The van der Waals surface area contributed by atoms with Gasteiger partial charge in [0.2, 0.25) is 0 Å². The molecule has 0 aromatic heterocycles. The van der Waals surface area contributed by atoms with Gasteiger partial charge in [-0.3, -0.25) is 9.59 Å². The SMILES string of the molecule is CC.CNC(=O)Oc1cccc(NC(=O)C(=O)N2CCN(c3ccc(COC)cc3)CC2C)c1. The van der Waals surface area contributed by atoms with Gasteiger partial charge in [-0.25, -0.2) is 4.79 Å². The van der Waals surface area contributed by atoms with Crippen molar-refractivity contribution < 1.29 is 23.9 Å². The van der Waals surface area contributed by atoms with Crippen LogP contribution in [0, 0.1) is 0 Å². The van der Waals surface area contributed by atoms with Crippen molar-refractivity contribution in [2.24, 2.45) is 0 Å². The van der Waals surface area contributed by atoms with Crippen LogP contribution in [0.4, 0.5) is 16.2 Å². The Balaban J connectivity index is 0.00000199. The van der Waals surface area contributed by atoms with Crippen molar-refractivity contribution in [1.29, 1.82) is 0 Å². The summed E-state index contributed by atoms with van der Waals surface area (Å²) in [5.41, 5.74) is 2.54. The van der Waals surface area contributed by atoms with Crippen molar-refractivity contribution in [2.45, 2.75) is 33.4 Å². The number of carbonyl (C=O) groups is 3. The molecule has 0 aliphatic carbocycles. The predicted octanol–water partition coefficient (Wildman–Crippen LogP) is 3.25. The van der Waals surface area contributed by atoms with E-state index in [1.54, 1.807) is 30.2 Å². The maximum absolute atomic E-state index is 12.8. The number of benzene rings is 2. The summed E-state index contributed by atoms with van der Waals surface area (Å²) in [7, 11) is 3.11. The van der Waals surface area contributed by atoms with E-state index in [9.17, 15) is 14.4 Å². The Morgan fingerprint density at radius 3 is 2.38 bits per heavy atom. The van der Waals surface area contributed by atoms with Gasteiger partial charge in [-0.15, -0.1) is 0 Å². The smallest absolute Gasteiger partial charge is 0.410 e. The van der Waals surface area contributed by atoms with Crippen LogP contribution in [0.3, 0.4) is 0 Å². The van der Waals surface area contributed by atoms with E-state index in [2.05, 4.69) is 15.5 Å². The van der Waals surface area contributed by atoms with Crippen LogP contribution in [0.25, 0.3) is 0 Å². The lowest BCUT2D eigenvalue weighted by Crippen LogP contribution is -2.56. The largest absolute Gasteiger partial charge is 0.412 e. The minimum Gasteiger partial charge on any atom is -0.410 e. The topological polar surface area (TPSA) is 100 Å². The number of anilines is 2. The maximum Gasteiger partial charge on any atom is 0.412 e. The number of methoxy groups -OCH3 is 1. The van der Waals surface area contributed by atoms with Crippen LogP contribution in [0.5, 0.6) is 5.75 Å². The van der Waals surface area contributed by atoms with Crippen molar-refractivity contribution >= 4 is 29.3 Å². The molecule has 1 unspecified atom stereocenters. The van der Waals surface area contributed by atoms with Gasteiger partial charge in [0.1, 0.15) is 5.75 Å². The minimum absolute atomic E-state index is 0.136. The monoisotopic (exact) mass is 470 g/mol. The standard InChI is InChI=1S/C23H28N4O5.C2H6/c1-16-14-26(19-9-7-17(8-10-19)15-31-3)11-12-27(16)22(29)21(28)25-18-5-4-6-20(13-18)32-23(30)24-2;1-2/h4-10,13,16H,11-12,14-15H2,1-3H3,(H,24,30)(H,25,28);1-2H3. The molecule has 9 heteroatoms. The Bertz CT molecular complexity index is 964. The van der Waals surface area contributed by atoms with Gasteiger partial charge in [-0.1, -0.05) is 32.0 Å². The van der Waals surface area contributed by atoms with Gasteiger partial charge in [0.25, 0.3) is 0 Å². The fraction of sp³-hybridized carbons (Fsp3) is 0.400. The summed E-state index contributed by atoms with van der Waals surface area (Å²) >= 11 is 0. The average Bonchev–Trinajstić information content (AvgIpc) is 2.85. The van der Waals surface area contributed by atoms with E-state index in [-0.39, 0.29) is 11.8 Å². The molecule has 1 heterocycles. The van der Waals surface area contributed by atoms with E-state index >= 15 is 0 Å². The molecular weight excluding hydrogens is 436 g/mol. The molecule has 1 saturated heterocycles. The highest BCUT2D eigenvalue weighted by molar-refractivity contribution is 6.39. The van der Waals surface area contributed by atoms with E-state index in [1.165, 1.54) is 13.1 Å². The number of ether oxygens (including phenoxy) is 2. The minimum atomic E-state index is -0.730. The second kappa shape index (κ2) is 13.2. The molecule has 3 rings (SSSR count). The highest BCUT2D eigenvalue weighted by atomic mass is 16.5. The van der Waals surface area contributed by atoms with Crippen molar-refractivity contribution in [1.82, 2.24) is 10.2 Å². The fourth-order valence-corrected chi connectivity index (χ4v) is 3.57. The number of amides is 3. The lowest BCUT2D eigenvalue weighted by Gasteiger charge is -2.40. The predicted molar refractivity (Wildman–Crippen MR) is 132 cm³/mol. The average molecular weight is 471 g/mol. The first-order valence-electron chi connectivity index (χ1n) is 11.4. The van der Waals surface area contributed by atoms with Gasteiger partial charge < -0.3 is 29.9 Å². The summed E-state index contributed by atoms with van der Waals surface area (Å²) in [6.45, 7) is 8.18. The Morgan fingerprint density at radius 2 is 1.76 bits per heavy atom. The number of nitrogens with one attached hydrogen (secondary N) is 2. The highest BCUT2D eigenvalue weighted by Crippen LogP contribution is 2.21. The van der Waals surface area contributed by atoms with Crippen LogP contribution < -0.4 is 20.3 Å². The number of hydrogen-bond acceptors (Lipinski definition) is 6. The van der Waals surface area contributed by atoms with Crippen LogP contribution in [-0.4, -0.2) is 62.6 Å². The van der Waals surface area contributed by atoms with Crippen molar-refractivity contribution in [3.05, 3.63) is 54.1 Å². The molecule has 1 fully saturated rings. The van der Waals surface area contributed by atoms with Crippen LogP contribution in [-0.2, 0) is 20.9 Å². The molecule has 1 atom stereocenters. The fourth-order valence-electron chi connectivity index (χ4n) is 3.57. The quantitative estimate of drug-likeness (QED) is 0.651. The van der Waals surface area contributed by atoms with Crippen LogP contribution >= 0.6 is 0 Å². The molecule has 1 aliphatic rings. The highest BCUT2D eigenvalue weighted by Gasteiger charge is 2.31. The van der Waals surface area contributed by atoms with Crippen LogP contribution in [0.2, 0.25) is 0 Å². The molecule has 2 aromatic carbocycles. The zero-order valence-corrected chi connectivity index (χ0v) is 20.5. The third-order valence-corrected chi connectivity index (χ3v) is 5.20. The summed E-state index contributed by atoms with van der Waals surface area (Å²) < 4.78 is 10.2. The first kappa shape index (κ1) is 26.7. The number of piperazine rings is 1. The summed E-state index contributed by atoms with van der Waals surface area (Å²) in [6, 6.07) is 14.3. The Morgan fingerprint density at radius 1 is 1.06 bits per heavy atom. The zero-order valence-electron chi connectivity index (χ0n) is 20.5. The molecule has 34 heavy (non-hydrogen) atoms. The van der Waals surface area contributed by atoms with Gasteiger partial charge in [0, 0.05) is 57.3 Å². The lowest BCUT2D eigenvalue weighted by molar-refractivity contribution is -0.144. The maximum atomic E-state index is 12.8. The van der Waals surface area contributed by atoms with E-state index in [4.69, 9.17) is 9.47 Å². The summed E-state index contributed by atoms with van der Waals surface area (Å²) in [4.78, 5) is 40.4. The number of carbonyl (C=O) groups excluding carboxylic acids is 3. The van der Waals surface area contributed by atoms with E-state index in [1.807, 2.05) is 45.0 Å². The molecule has 1 aliphatic heterocycles. The number of rotatable bonds is 5. The Hall–Kier alpha value is -3.59. The number of hydrogen-bond donors (Lipinski definition) is 2. The van der Waals surface area contributed by atoms with Crippen molar-refractivity contribution in [2.75, 3.05) is 44.0 Å². The molecule has 0 radical (unpaired) electrons. The normalized spacial score (nSPS) is 15.0. The molecule has 2 aromatic rings. The van der Waals surface area contributed by atoms with E-state index < -0.39 is 17.9 Å². The lowest BCUT2D eigenvalue weighted by atomic mass is 10.1. The first-order chi connectivity index (χ1) is 16.4. The summed E-state index contributed by atoms with van der Waals surface area (Å²) in [5.74, 6) is -1.07. The van der Waals surface area contributed by atoms with Gasteiger partial charge >= 0.3 is 17.9 Å². The Kier molecular flexibility index (Phi) is 10.3. The van der Waals surface area contributed by atoms with Gasteiger partial charge in [0.15, 0.2) is 0 Å². The third-order valence-electron chi connectivity index (χ3n) is 5.20. The van der Waals surface area contributed by atoms with Crippen molar-refractivity contribution in [3.8, 4) is 5.75 Å². The third kappa shape index (κ3) is 7.21. The molecular formula is C25H34N4O5. The molecule has 9 nitrogen and oxygen atoms in total. The summed E-state index contributed by atoms with van der Waals surface area (Å²) in [5, 5.41) is 4.93. The molecule has 184 valence electrons. The van der Waals surface area contributed by atoms with Gasteiger partial charge in [-0.05, 0) is 36.8 Å². The van der Waals surface area contributed by atoms with Crippen LogP contribution in [0.15, 0.2) is 48.5 Å². The van der Waals surface area contributed by atoms with E-state index in [0.717, 1.165) is 11.3 Å². The molecule has 0 bridgehead atoms. The summed E-state index contributed by atoms with van der Waals surface area (Å²) in [6.07, 6.45) is -0.621. The van der Waals surface area contributed by atoms with Crippen molar-refractivity contribution in [3.63, 3.8) is 0 Å². The number of nitrogens with zero attached hydrogens (tertiary/aromatic N) is 2. The first-order valence-corrected chi connectivity index (χ1v) is 11.4. The molecule has 2 N–H and O–H groups in total. The molecule has 3 amide bonds. The second-order valence-corrected chi connectivity index (χ2v) is 7.51. The molecule has 0 spiro atoms. The van der Waals surface area contributed by atoms with Crippen LogP contribution in [0.1, 0.15) is 26.3 Å². The van der Waals surface area contributed by atoms with E-state index in [0.29, 0.717) is 31.9 Å². The van der Waals surface area contributed by atoms with Gasteiger partial charge in [0.05, 0.1) is 6.61 Å².